The summed E-state index contributed by atoms with van der Waals surface area (Å²) in [7, 11) is 0. The third-order valence-electron chi connectivity index (χ3n) is 3.85. The number of fused-ring (bicyclic) bond motifs is 1. The number of nitrogens with zero attached hydrogens (tertiary/aromatic N) is 3. The van der Waals surface area contributed by atoms with E-state index < -0.39 is 5.97 Å². The number of carboxylic acids is 1. The Labute approximate surface area is 158 Å². The molecule has 0 aliphatic carbocycles. The summed E-state index contributed by atoms with van der Waals surface area (Å²) in [6.45, 7) is 1.93. The maximum atomic E-state index is 11.0. The van der Waals surface area contributed by atoms with Crippen molar-refractivity contribution in [1.29, 1.82) is 0 Å². The minimum atomic E-state index is -0.950. The van der Waals surface area contributed by atoms with Crippen molar-refractivity contribution in [2.45, 2.75) is 17.0 Å². The molecular weight excluding hydrogens is 362 g/mol. The summed E-state index contributed by atoms with van der Waals surface area (Å²) in [4.78, 5) is 21.1. The van der Waals surface area contributed by atoms with Gasteiger partial charge in [0, 0.05) is 22.0 Å². The number of rotatable bonds is 5. The molecule has 0 aliphatic heterocycles. The van der Waals surface area contributed by atoms with E-state index in [2.05, 4.69) is 25.5 Å². The SMILES string of the molecule is Cc1cc(Nc2nc(Sc3ccc(C(=O)O)cc3)nc3ccccc23)n[nH]1. The molecule has 2 heterocycles. The Balaban J connectivity index is 1.69. The average Bonchev–Trinajstić information content (AvgIpc) is 3.07. The third-order valence-corrected chi connectivity index (χ3v) is 4.72. The molecule has 2 aromatic carbocycles. The van der Waals surface area contributed by atoms with Gasteiger partial charge in [-0.3, -0.25) is 5.10 Å². The Morgan fingerprint density at radius 3 is 2.59 bits per heavy atom. The van der Waals surface area contributed by atoms with Crippen LogP contribution in [0.1, 0.15) is 16.1 Å². The largest absolute Gasteiger partial charge is 0.478 e. The third kappa shape index (κ3) is 3.75. The van der Waals surface area contributed by atoms with Gasteiger partial charge in [-0.25, -0.2) is 14.8 Å². The van der Waals surface area contributed by atoms with Crippen LogP contribution < -0.4 is 5.32 Å². The van der Waals surface area contributed by atoms with Crippen molar-refractivity contribution in [1.82, 2.24) is 20.2 Å². The van der Waals surface area contributed by atoms with Crippen molar-refractivity contribution < 1.29 is 9.90 Å². The number of hydrogen-bond acceptors (Lipinski definition) is 6. The Hall–Kier alpha value is -3.39. The average molecular weight is 377 g/mol. The number of anilines is 2. The van der Waals surface area contributed by atoms with Crippen molar-refractivity contribution in [3.05, 3.63) is 65.9 Å². The molecule has 3 N–H and O–H groups in total. The van der Waals surface area contributed by atoms with Gasteiger partial charge >= 0.3 is 5.97 Å². The quantitative estimate of drug-likeness (QED) is 0.447. The predicted molar refractivity (Wildman–Crippen MR) is 104 cm³/mol. The van der Waals surface area contributed by atoms with Crippen LogP contribution in [0.4, 0.5) is 11.6 Å². The lowest BCUT2D eigenvalue weighted by Gasteiger charge is -2.09. The van der Waals surface area contributed by atoms with E-state index in [0.717, 1.165) is 21.5 Å². The number of nitrogens with one attached hydrogen (secondary N) is 2. The molecule has 2 aromatic heterocycles. The molecule has 134 valence electrons. The van der Waals surface area contributed by atoms with Gasteiger partial charge in [-0.15, -0.1) is 0 Å². The van der Waals surface area contributed by atoms with Crippen molar-refractivity contribution in [3.63, 3.8) is 0 Å². The summed E-state index contributed by atoms with van der Waals surface area (Å²) in [5.74, 6) is 0.393. The molecule has 0 unspecified atom stereocenters. The van der Waals surface area contributed by atoms with E-state index in [4.69, 9.17) is 5.11 Å². The van der Waals surface area contributed by atoms with Crippen molar-refractivity contribution >= 4 is 40.3 Å². The minimum Gasteiger partial charge on any atom is -0.478 e. The molecular formula is C19H15N5O2S. The maximum Gasteiger partial charge on any atom is 0.335 e. The highest BCUT2D eigenvalue weighted by atomic mass is 32.2. The minimum absolute atomic E-state index is 0.245. The Morgan fingerprint density at radius 1 is 1.11 bits per heavy atom. The second-order valence-electron chi connectivity index (χ2n) is 5.86. The van der Waals surface area contributed by atoms with Crippen LogP contribution in [-0.4, -0.2) is 31.2 Å². The van der Waals surface area contributed by atoms with Gasteiger partial charge in [-0.05, 0) is 55.1 Å². The first-order valence-corrected chi connectivity index (χ1v) is 8.97. The number of benzene rings is 2. The molecule has 0 saturated carbocycles. The molecule has 0 bridgehead atoms. The van der Waals surface area contributed by atoms with Crippen LogP contribution in [0.25, 0.3) is 10.9 Å². The monoisotopic (exact) mass is 377 g/mol. The Bertz CT molecular complexity index is 1120. The molecule has 4 aromatic rings. The molecule has 0 radical (unpaired) electrons. The molecule has 0 amide bonds. The van der Waals surface area contributed by atoms with Crippen LogP contribution in [-0.2, 0) is 0 Å². The number of hydrogen-bond donors (Lipinski definition) is 3. The topological polar surface area (TPSA) is 104 Å². The molecule has 0 aliphatic rings. The van der Waals surface area contributed by atoms with Crippen molar-refractivity contribution in [2.24, 2.45) is 0 Å². The second kappa shape index (κ2) is 7.08. The highest BCUT2D eigenvalue weighted by molar-refractivity contribution is 7.99. The van der Waals surface area contributed by atoms with Gasteiger partial charge in [-0.1, -0.05) is 12.1 Å². The van der Waals surface area contributed by atoms with E-state index in [1.165, 1.54) is 11.8 Å². The number of aromatic amines is 1. The van der Waals surface area contributed by atoms with E-state index in [1.54, 1.807) is 24.3 Å². The maximum absolute atomic E-state index is 11.0. The summed E-state index contributed by atoms with van der Waals surface area (Å²) >= 11 is 1.37. The van der Waals surface area contributed by atoms with Gasteiger partial charge in [0.05, 0.1) is 11.1 Å². The first-order valence-electron chi connectivity index (χ1n) is 8.15. The molecule has 4 rings (SSSR count). The van der Waals surface area contributed by atoms with Crippen LogP contribution in [0.15, 0.2) is 64.6 Å². The van der Waals surface area contributed by atoms with Gasteiger partial charge in [0.15, 0.2) is 11.0 Å². The predicted octanol–water partition coefficient (Wildman–Crippen LogP) is 4.25. The van der Waals surface area contributed by atoms with Crippen LogP contribution in [0.2, 0.25) is 0 Å². The summed E-state index contributed by atoms with van der Waals surface area (Å²) in [6, 6.07) is 16.3. The Morgan fingerprint density at radius 2 is 1.89 bits per heavy atom. The summed E-state index contributed by atoms with van der Waals surface area (Å²) in [5, 5.41) is 20.8. The van der Waals surface area contributed by atoms with Gasteiger partial charge < -0.3 is 10.4 Å². The van der Waals surface area contributed by atoms with Crippen LogP contribution in [0, 0.1) is 6.92 Å². The molecule has 0 saturated heterocycles. The number of para-hydroxylation sites is 1. The van der Waals surface area contributed by atoms with E-state index in [0.29, 0.717) is 16.8 Å². The zero-order chi connectivity index (χ0) is 18.8. The highest BCUT2D eigenvalue weighted by Gasteiger charge is 2.11. The van der Waals surface area contributed by atoms with E-state index in [-0.39, 0.29) is 5.56 Å². The lowest BCUT2D eigenvalue weighted by molar-refractivity contribution is 0.0697. The lowest BCUT2D eigenvalue weighted by atomic mass is 10.2. The number of aromatic carboxylic acids is 1. The molecule has 0 spiro atoms. The molecule has 8 heteroatoms. The van der Waals surface area contributed by atoms with E-state index >= 15 is 0 Å². The lowest BCUT2D eigenvalue weighted by Crippen LogP contribution is -1.99. The van der Waals surface area contributed by atoms with Gasteiger partial charge in [0.25, 0.3) is 0 Å². The second-order valence-corrected chi connectivity index (χ2v) is 6.91. The standard InChI is InChI=1S/C19H15N5O2S/c1-11-10-16(24-23-11)21-17-14-4-2-3-5-15(14)20-19(22-17)27-13-8-6-12(7-9-13)18(25)26/h2-10H,1H3,(H,25,26)(H2,20,21,22,23,24). The van der Waals surface area contributed by atoms with E-state index in [9.17, 15) is 4.79 Å². The number of carbonyl (C=O) groups is 1. The summed E-state index contributed by atoms with van der Waals surface area (Å²) in [5.41, 5.74) is 2.01. The first-order chi connectivity index (χ1) is 13.1. The van der Waals surface area contributed by atoms with Crippen molar-refractivity contribution in [3.8, 4) is 0 Å². The summed E-state index contributed by atoms with van der Waals surface area (Å²) in [6.07, 6.45) is 0. The number of carboxylic acid groups (broad SMARTS) is 1. The molecule has 7 nitrogen and oxygen atoms in total. The first kappa shape index (κ1) is 17.0. The number of aryl methyl sites for hydroxylation is 1. The Kier molecular flexibility index (Phi) is 4.47. The highest BCUT2D eigenvalue weighted by Crippen LogP contribution is 2.30. The molecule has 0 fully saturated rings. The number of H-pyrrole nitrogens is 1. The van der Waals surface area contributed by atoms with Crippen molar-refractivity contribution in [2.75, 3.05) is 5.32 Å². The zero-order valence-electron chi connectivity index (χ0n) is 14.3. The van der Waals surface area contributed by atoms with Gasteiger partial charge in [0.2, 0.25) is 0 Å². The normalized spacial score (nSPS) is 10.9. The van der Waals surface area contributed by atoms with Crippen LogP contribution in [0.5, 0.6) is 0 Å². The zero-order valence-corrected chi connectivity index (χ0v) is 15.1. The smallest absolute Gasteiger partial charge is 0.335 e. The number of aromatic nitrogens is 4. The molecule has 0 atom stereocenters. The van der Waals surface area contributed by atoms with Gasteiger partial charge in [0.1, 0.15) is 5.82 Å². The van der Waals surface area contributed by atoms with Crippen LogP contribution in [0.3, 0.4) is 0 Å². The van der Waals surface area contributed by atoms with Crippen LogP contribution >= 0.6 is 11.8 Å². The molecule has 27 heavy (non-hydrogen) atoms. The fourth-order valence-corrected chi connectivity index (χ4v) is 3.33. The summed E-state index contributed by atoms with van der Waals surface area (Å²) < 4.78 is 0. The fourth-order valence-electron chi connectivity index (χ4n) is 2.57. The fraction of sp³-hybridized carbons (Fsp3) is 0.0526. The van der Waals surface area contributed by atoms with E-state index in [1.807, 2.05) is 37.3 Å². The van der Waals surface area contributed by atoms with Gasteiger partial charge in [-0.2, -0.15) is 5.10 Å².